The van der Waals surface area contributed by atoms with Crippen molar-refractivity contribution in [3.05, 3.63) is 35.9 Å². The van der Waals surface area contributed by atoms with E-state index in [1.807, 2.05) is 24.5 Å². The van der Waals surface area contributed by atoms with Crippen LogP contribution in [0.4, 0.5) is 0 Å². The number of amides is 1. The lowest BCUT2D eigenvalue weighted by Crippen LogP contribution is -2.28. The number of thioether (sulfide) groups is 1. The first-order chi connectivity index (χ1) is 8.24. The Morgan fingerprint density at radius 1 is 1.24 bits per heavy atom. The highest BCUT2D eigenvalue weighted by atomic mass is 32.2. The van der Waals surface area contributed by atoms with Crippen molar-refractivity contribution in [2.75, 3.05) is 19.3 Å². The van der Waals surface area contributed by atoms with Crippen LogP contribution in [0.25, 0.3) is 0 Å². The number of carbonyl (C=O) groups is 1. The van der Waals surface area contributed by atoms with Gasteiger partial charge in [-0.05, 0) is 24.8 Å². The van der Waals surface area contributed by atoms with Gasteiger partial charge in [0.15, 0.2) is 0 Å². The minimum Gasteiger partial charge on any atom is -0.371 e. The zero-order valence-electron chi connectivity index (χ0n) is 9.73. The summed E-state index contributed by atoms with van der Waals surface area (Å²) in [5.74, 6) is -0.0296. The van der Waals surface area contributed by atoms with Crippen molar-refractivity contribution in [2.45, 2.75) is 6.42 Å². The predicted octanol–water partition coefficient (Wildman–Crippen LogP) is 2.04. The molecule has 0 aliphatic rings. The second-order valence-electron chi connectivity index (χ2n) is 3.39. The number of thiocarbonyl (C=S) groups is 1. The van der Waals surface area contributed by atoms with E-state index < -0.39 is 0 Å². The van der Waals surface area contributed by atoms with E-state index >= 15 is 0 Å². The molecule has 0 bridgehead atoms. The molecule has 0 saturated heterocycles. The molecule has 1 aromatic carbocycles. The Hall–Kier alpha value is -1.07. The van der Waals surface area contributed by atoms with Gasteiger partial charge in [0.2, 0.25) is 0 Å². The first-order valence-electron chi connectivity index (χ1n) is 5.39. The third-order valence-corrected chi connectivity index (χ3v) is 3.29. The average molecular weight is 268 g/mol. The topological polar surface area (TPSA) is 41.1 Å². The van der Waals surface area contributed by atoms with E-state index in [2.05, 4.69) is 10.6 Å². The molecule has 5 heteroatoms. The first kappa shape index (κ1) is 14.0. The standard InChI is InChI=1S/C12H16N2OS2/c1-17-12(16)14-9-5-8-13-11(15)10-6-3-2-4-7-10/h2-4,6-7H,5,8-9H2,1H3,(H,13,15)(H,14,16). The van der Waals surface area contributed by atoms with Gasteiger partial charge >= 0.3 is 0 Å². The SMILES string of the molecule is CSC(=S)NCCCNC(=O)c1ccccc1. The van der Waals surface area contributed by atoms with Gasteiger partial charge in [-0.3, -0.25) is 4.79 Å². The molecule has 3 nitrogen and oxygen atoms in total. The van der Waals surface area contributed by atoms with E-state index in [9.17, 15) is 4.79 Å². The number of benzene rings is 1. The molecule has 0 spiro atoms. The van der Waals surface area contributed by atoms with Gasteiger partial charge in [-0.25, -0.2) is 0 Å². The molecule has 92 valence electrons. The molecule has 0 aromatic heterocycles. The zero-order chi connectivity index (χ0) is 12.5. The Balaban J connectivity index is 2.15. The Kier molecular flexibility index (Phi) is 6.65. The van der Waals surface area contributed by atoms with Crippen LogP contribution in [0.5, 0.6) is 0 Å². The molecule has 0 radical (unpaired) electrons. The molecule has 2 N–H and O–H groups in total. The van der Waals surface area contributed by atoms with Gasteiger partial charge in [-0.2, -0.15) is 0 Å². The van der Waals surface area contributed by atoms with Crippen LogP contribution in [0.1, 0.15) is 16.8 Å². The zero-order valence-corrected chi connectivity index (χ0v) is 11.4. The average Bonchev–Trinajstić information content (AvgIpc) is 2.38. The summed E-state index contributed by atoms with van der Waals surface area (Å²) in [4.78, 5) is 11.6. The number of carbonyl (C=O) groups excluding carboxylic acids is 1. The normalized spacial score (nSPS) is 9.71. The molecule has 0 heterocycles. The van der Waals surface area contributed by atoms with Crippen molar-refractivity contribution in [2.24, 2.45) is 0 Å². The maximum Gasteiger partial charge on any atom is 0.251 e. The van der Waals surface area contributed by atoms with Crippen LogP contribution in [0, 0.1) is 0 Å². The second kappa shape index (κ2) is 8.08. The quantitative estimate of drug-likeness (QED) is 0.633. The smallest absolute Gasteiger partial charge is 0.251 e. The summed E-state index contributed by atoms with van der Waals surface area (Å²) in [7, 11) is 0. The number of hydrogen-bond acceptors (Lipinski definition) is 3. The lowest BCUT2D eigenvalue weighted by molar-refractivity contribution is 0.0953. The van der Waals surface area contributed by atoms with Crippen LogP contribution >= 0.6 is 24.0 Å². The van der Waals surface area contributed by atoms with Crippen molar-refractivity contribution in [3.63, 3.8) is 0 Å². The van der Waals surface area contributed by atoms with Gasteiger partial charge in [-0.1, -0.05) is 30.4 Å². The Labute approximate surface area is 111 Å². The lowest BCUT2D eigenvalue weighted by atomic mass is 10.2. The van der Waals surface area contributed by atoms with E-state index in [-0.39, 0.29) is 5.91 Å². The summed E-state index contributed by atoms with van der Waals surface area (Å²) in [6.45, 7) is 1.44. The van der Waals surface area contributed by atoms with Crippen molar-refractivity contribution in [3.8, 4) is 0 Å². The summed E-state index contributed by atoms with van der Waals surface area (Å²) in [6.07, 6.45) is 2.80. The Morgan fingerprint density at radius 2 is 1.88 bits per heavy atom. The maximum absolute atomic E-state index is 11.6. The fourth-order valence-electron chi connectivity index (χ4n) is 1.24. The van der Waals surface area contributed by atoms with E-state index in [4.69, 9.17) is 12.2 Å². The number of hydrogen-bond donors (Lipinski definition) is 2. The summed E-state index contributed by atoms with van der Waals surface area (Å²) in [5.41, 5.74) is 0.695. The van der Waals surface area contributed by atoms with Crippen LogP contribution in [0.3, 0.4) is 0 Å². The third-order valence-electron chi connectivity index (χ3n) is 2.13. The molecule has 0 atom stereocenters. The van der Waals surface area contributed by atoms with Crippen LogP contribution in [-0.4, -0.2) is 29.6 Å². The molecule has 17 heavy (non-hydrogen) atoms. The molecule has 0 unspecified atom stereocenters. The number of rotatable bonds is 5. The first-order valence-corrected chi connectivity index (χ1v) is 7.02. The monoisotopic (exact) mass is 268 g/mol. The molecule has 1 amide bonds. The molecular weight excluding hydrogens is 252 g/mol. The predicted molar refractivity (Wildman–Crippen MR) is 77.5 cm³/mol. The fraction of sp³-hybridized carbons (Fsp3) is 0.333. The van der Waals surface area contributed by atoms with Crippen molar-refractivity contribution >= 4 is 34.2 Å². The highest BCUT2D eigenvalue weighted by molar-refractivity contribution is 8.22. The molecule has 0 saturated carbocycles. The molecule has 1 rings (SSSR count). The maximum atomic E-state index is 11.6. The Bertz CT molecular complexity index is 368. The highest BCUT2D eigenvalue weighted by Gasteiger charge is 2.02. The molecule has 0 aliphatic carbocycles. The minimum absolute atomic E-state index is 0.0296. The molecule has 0 aliphatic heterocycles. The third kappa shape index (κ3) is 5.70. The van der Waals surface area contributed by atoms with Crippen LogP contribution < -0.4 is 10.6 Å². The second-order valence-corrected chi connectivity index (χ2v) is 4.88. The van der Waals surface area contributed by atoms with Gasteiger partial charge < -0.3 is 10.6 Å². The lowest BCUT2D eigenvalue weighted by Gasteiger charge is -2.06. The Morgan fingerprint density at radius 3 is 2.53 bits per heavy atom. The molecular formula is C12H16N2OS2. The van der Waals surface area contributed by atoms with E-state index in [1.54, 1.807) is 12.1 Å². The number of nitrogens with one attached hydrogen (secondary N) is 2. The molecule has 0 fully saturated rings. The largest absolute Gasteiger partial charge is 0.371 e. The van der Waals surface area contributed by atoms with E-state index in [0.29, 0.717) is 12.1 Å². The van der Waals surface area contributed by atoms with Crippen molar-refractivity contribution < 1.29 is 4.79 Å². The van der Waals surface area contributed by atoms with E-state index in [1.165, 1.54) is 11.8 Å². The van der Waals surface area contributed by atoms with Gasteiger partial charge in [0.25, 0.3) is 5.91 Å². The van der Waals surface area contributed by atoms with E-state index in [0.717, 1.165) is 17.3 Å². The minimum atomic E-state index is -0.0296. The van der Waals surface area contributed by atoms with Crippen molar-refractivity contribution in [1.29, 1.82) is 0 Å². The van der Waals surface area contributed by atoms with Gasteiger partial charge in [0.05, 0.1) is 0 Å². The highest BCUT2D eigenvalue weighted by Crippen LogP contribution is 1.97. The molecule has 1 aromatic rings. The summed E-state index contributed by atoms with van der Waals surface area (Å²) >= 11 is 6.52. The fourth-order valence-corrected chi connectivity index (χ4v) is 1.59. The van der Waals surface area contributed by atoms with Gasteiger partial charge in [0, 0.05) is 18.7 Å². The van der Waals surface area contributed by atoms with Crippen LogP contribution in [0.15, 0.2) is 30.3 Å². The summed E-state index contributed by atoms with van der Waals surface area (Å²) < 4.78 is 0.791. The van der Waals surface area contributed by atoms with Gasteiger partial charge in [-0.15, -0.1) is 11.8 Å². The van der Waals surface area contributed by atoms with Gasteiger partial charge in [0.1, 0.15) is 4.32 Å². The summed E-state index contributed by atoms with van der Waals surface area (Å²) in [6, 6.07) is 9.21. The van der Waals surface area contributed by atoms with Crippen molar-refractivity contribution in [1.82, 2.24) is 10.6 Å². The van der Waals surface area contributed by atoms with Crippen LogP contribution in [0.2, 0.25) is 0 Å². The summed E-state index contributed by atoms with van der Waals surface area (Å²) in [5, 5.41) is 5.95. The van der Waals surface area contributed by atoms with Crippen LogP contribution in [-0.2, 0) is 0 Å².